The van der Waals surface area contributed by atoms with Crippen molar-refractivity contribution in [3.8, 4) is 56.7 Å². The number of aromatic nitrogens is 4. The summed E-state index contributed by atoms with van der Waals surface area (Å²) >= 11 is 0. The lowest BCUT2D eigenvalue weighted by atomic mass is 9.95. The quantitative estimate of drug-likeness (QED) is 0.167. The summed E-state index contributed by atoms with van der Waals surface area (Å²) in [5.41, 5.74) is 7.49. The van der Waals surface area contributed by atoms with Crippen LogP contribution < -0.4 is 0 Å². The highest BCUT2D eigenvalue weighted by atomic mass is 16.3. The van der Waals surface area contributed by atoms with Gasteiger partial charge in [-0.1, -0.05) is 152 Å². The number of hydrogen-bond acceptors (Lipinski definition) is 5. The van der Waals surface area contributed by atoms with Crippen LogP contribution in [0.4, 0.5) is 0 Å². The summed E-state index contributed by atoms with van der Waals surface area (Å²) in [5, 5.41) is 8.89. The van der Waals surface area contributed by atoms with Gasteiger partial charge < -0.3 is 4.42 Å². The summed E-state index contributed by atoms with van der Waals surface area (Å²) in [6, 6.07) is 62.9. The Hall–Kier alpha value is -7.50. The molecule has 256 valence electrons. The molecule has 0 saturated carbocycles. The highest BCUT2D eigenvalue weighted by Gasteiger charge is 2.18. The standard InChI is InChI=1S/C50H30N4O/c1-2-14-33(15-3-1)50-51-45-42-22-9-8-21-40(42)41-27-26-36(30-44(41)46(45)55-50)35-18-10-19-37(29-35)47-52-48(38-25-24-31-12-4-5-16-34(31)28-38)54-49(53-47)43-23-11-17-32-13-6-7-20-39(32)43/h1-30H. The maximum atomic E-state index is 6.59. The third-order valence-corrected chi connectivity index (χ3v) is 10.5. The molecule has 0 aliphatic rings. The van der Waals surface area contributed by atoms with Crippen molar-refractivity contribution in [2.45, 2.75) is 0 Å². The van der Waals surface area contributed by atoms with Crippen LogP contribution in [0.5, 0.6) is 0 Å². The fourth-order valence-electron chi connectivity index (χ4n) is 7.80. The van der Waals surface area contributed by atoms with Gasteiger partial charge in [-0.15, -0.1) is 0 Å². The molecule has 0 amide bonds. The topological polar surface area (TPSA) is 64.7 Å². The third kappa shape index (κ3) is 5.33. The number of rotatable bonds is 5. The Morgan fingerprint density at radius 2 is 0.891 bits per heavy atom. The van der Waals surface area contributed by atoms with Gasteiger partial charge in [-0.2, -0.15) is 0 Å². The van der Waals surface area contributed by atoms with E-state index in [0.717, 1.165) is 82.2 Å². The van der Waals surface area contributed by atoms with Crippen molar-refractivity contribution in [3.05, 3.63) is 182 Å². The van der Waals surface area contributed by atoms with Gasteiger partial charge in [0.05, 0.1) is 0 Å². The Morgan fingerprint density at radius 3 is 1.75 bits per heavy atom. The van der Waals surface area contributed by atoms with E-state index in [9.17, 15) is 0 Å². The van der Waals surface area contributed by atoms with Gasteiger partial charge >= 0.3 is 0 Å². The van der Waals surface area contributed by atoms with E-state index in [4.69, 9.17) is 24.4 Å². The molecule has 0 aliphatic carbocycles. The summed E-state index contributed by atoms with van der Waals surface area (Å²) in [6.45, 7) is 0. The molecule has 0 radical (unpaired) electrons. The fraction of sp³-hybridized carbons (Fsp3) is 0. The third-order valence-electron chi connectivity index (χ3n) is 10.5. The number of hydrogen-bond donors (Lipinski definition) is 0. The molecule has 5 heteroatoms. The summed E-state index contributed by atoms with van der Waals surface area (Å²) < 4.78 is 6.59. The lowest BCUT2D eigenvalue weighted by Crippen LogP contribution is -2.00. The summed E-state index contributed by atoms with van der Waals surface area (Å²) in [6.07, 6.45) is 0. The number of oxazole rings is 1. The van der Waals surface area contributed by atoms with Crippen molar-refractivity contribution < 1.29 is 4.42 Å². The first-order valence-electron chi connectivity index (χ1n) is 18.4. The maximum absolute atomic E-state index is 6.59. The van der Waals surface area contributed by atoms with Crippen molar-refractivity contribution in [2.75, 3.05) is 0 Å². The van der Waals surface area contributed by atoms with E-state index in [1.807, 2.05) is 30.3 Å². The van der Waals surface area contributed by atoms with Crippen LogP contribution in [0.1, 0.15) is 0 Å². The summed E-state index contributed by atoms with van der Waals surface area (Å²) in [7, 11) is 0. The van der Waals surface area contributed by atoms with Gasteiger partial charge in [0, 0.05) is 33.0 Å². The second-order valence-electron chi connectivity index (χ2n) is 13.8. The van der Waals surface area contributed by atoms with E-state index in [1.165, 1.54) is 5.39 Å². The van der Waals surface area contributed by atoms with Crippen molar-refractivity contribution in [3.63, 3.8) is 0 Å². The van der Waals surface area contributed by atoms with Crippen molar-refractivity contribution in [1.29, 1.82) is 0 Å². The molecule has 11 aromatic rings. The molecule has 9 aromatic carbocycles. The molecular weight excluding hydrogens is 673 g/mol. The average Bonchev–Trinajstić information content (AvgIpc) is 3.73. The zero-order valence-corrected chi connectivity index (χ0v) is 29.5. The molecule has 0 fully saturated rings. The lowest BCUT2D eigenvalue weighted by molar-refractivity contribution is 0.623. The Balaban J connectivity index is 1.08. The van der Waals surface area contributed by atoms with Crippen LogP contribution >= 0.6 is 0 Å². The molecule has 0 bridgehead atoms. The molecule has 0 atom stereocenters. The van der Waals surface area contributed by atoms with Gasteiger partial charge in [0.1, 0.15) is 5.52 Å². The molecule has 5 nitrogen and oxygen atoms in total. The predicted octanol–water partition coefficient (Wildman–Crippen LogP) is 13.0. The Kier molecular flexibility index (Phi) is 7.10. The van der Waals surface area contributed by atoms with Gasteiger partial charge in [0.2, 0.25) is 5.89 Å². The Bertz CT molecular complexity index is 3270. The number of nitrogens with zero attached hydrogens (tertiary/aromatic N) is 4. The van der Waals surface area contributed by atoms with Crippen LogP contribution in [-0.2, 0) is 0 Å². The molecule has 0 unspecified atom stereocenters. The minimum atomic E-state index is 0.611. The van der Waals surface area contributed by atoms with E-state index in [0.29, 0.717) is 23.4 Å². The second-order valence-corrected chi connectivity index (χ2v) is 13.8. The number of fused-ring (bicyclic) bond motifs is 8. The molecule has 0 aliphatic heterocycles. The van der Waals surface area contributed by atoms with Gasteiger partial charge in [0.15, 0.2) is 23.1 Å². The lowest BCUT2D eigenvalue weighted by Gasteiger charge is -2.12. The van der Waals surface area contributed by atoms with Crippen LogP contribution in [0.2, 0.25) is 0 Å². The zero-order chi connectivity index (χ0) is 36.3. The Labute approximate surface area is 316 Å². The monoisotopic (exact) mass is 702 g/mol. The maximum Gasteiger partial charge on any atom is 0.227 e. The molecule has 11 rings (SSSR count). The first-order chi connectivity index (χ1) is 27.2. The molecular formula is C50H30N4O. The minimum Gasteiger partial charge on any atom is -0.435 e. The SMILES string of the molecule is c1ccc(-c2nc3c4ccccc4c4ccc(-c5cccc(-c6nc(-c7ccc8ccccc8c7)nc(-c7cccc8ccccc78)n6)c5)cc4c3o2)cc1. The largest absolute Gasteiger partial charge is 0.435 e. The van der Waals surface area contributed by atoms with Gasteiger partial charge in [0.25, 0.3) is 0 Å². The van der Waals surface area contributed by atoms with Crippen LogP contribution in [0.3, 0.4) is 0 Å². The van der Waals surface area contributed by atoms with Gasteiger partial charge in [-0.25, -0.2) is 19.9 Å². The van der Waals surface area contributed by atoms with E-state index < -0.39 is 0 Å². The summed E-state index contributed by atoms with van der Waals surface area (Å²) in [5.74, 6) is 2.48. The molecule has 55 heavy (non-hydrogen) atoms. The molecule has 0 spiro atoms. The normalized spacial score (nSPS) is 11.6. The van der Waals surface area contributed by atoms with Crippen molar-refractivity contribution in [2.24, 2.45) is 0 Å². The molecule has 2 aromatic heterocycles. The highest BCUT2D eigenvalue weighted by Crippen LogP contribution is 2.40. The van der Waals surface area contributed by atoms with E-state index in [-0.39, 0.29) is 0 Å². The zero-order valence-electron chi connectivity index (χ0n) is 29.5. The predicted molar refractivity (Wildman–Crippen MR) is 225 cm³/mol. The van der Waals surface area contributed by atoms with Crippen molar-refractivity contribution in [1.82, 2.24) is 19.9 Å². The smallest absolute Gasteiger partial charge is 0.227 e. The summed E-state index contributed by atoms with van der Waals surface area (Å²) in [4.78, 5) is 20.4. The second kappa shape index (κ2) is 12.6. The molecule has 0 N–H and O–H groups in total. The number of benzene rings is 9. The first-order valence-corrected chi connectivity index (χ1v) is 18.4. The minimum absolute atomic E-state index is 0.611. The molecule has 2 heterocycles. The van der Waals surface area contributed by atoms with Crippen LogP contribution in [0.15, 0.2) is 186 Å². The van der Waals surface area contributed by atoms with E-state index in [1.54, 1.807) is 0 Å². The van der Waals surface area contributed by atoms with E-state index >= 15 is 0 Å². The van der Waals surface area contributed by atoms with E-state index in [2.05, 4.69) is 152 Å². The van der Waals surface area contributed by atoms with Gasteiger partial charge in [-0.3, -0.25) is 0 Å². The fourth-order valence-corrected chi connectivity index (χ4v) is 7.80. The highest BCUT2D eigenvalue weighted by molar-refractivity contribution is 6.23. The average molecular weight is 703 g/mol. The van der Waals surface area contributed by atoms with Crippen LogP contribution in [0, 0.1) is 0 Å². The first kappa shape index (κ1) is 31.1. The van der Waals surface area contributed by atoms with Gasteiger partial charge in [-0.05, 0) is 73.8 Å². The van der Waals surface area contributed by atoms with Crippen LogP contribution in [0.25, 0.3) is 111 Å². The molecule has 0 saturated heterocycles. The van der Waals surface area contributed by atoms with Crippen molar-refractivity contribution >= 4 is 54.2 Å². The Morgan fingerprint density at radius 1 is 0.309 bits per heavy atom. The van der Waals surface area contributed by atoms with Crippen LogP contribution in [-0.4, -0.2) is 19.9 Å².